The highest BCUT2D eigenvalue weighted by atomic mass is 19.4. The summed E-state index contributed by atoms with van der Waals surface area (Å²) in [6, 6.07) is 8.90. The molecule has 0 radical (unpaired) electrons. The number of nitrogens with zero attached hydrogens (tertiary/aromatic N) is 3. The molecule has 0 saturated heterocycles. The lowest BCUT2D eigenvalue weighted by atomic mass is 10.1. The minimum Gasteiger partial charge on any atom is -0.496 e. The number of nitrogens with one attached hydrogen (secondary N) is 1. The van der Waals surface area contributed by atoms with Gasteiger partial charge in [-0.3, -0.25) is 5.10 Å². The van der Waals surface area contributed by atoms with Crippen molar-refractivity contribution in [3.8, 4) is 28.4 Å². The minimum atomic E-state index is -4.43. The lowest BCUT2D eigenvalue weighted by molar-refractivity contribution is -0.137. The van der Waals surface area contributed by atoms with Gasteiger partial charge in [-0.05, 0) is 24.3 Å². The van der Waals surface area contributed by atoms with E-state index in [1.165, 1.54) is 37.6 Å². The van der Waals surface area contributed by atoms with Gasteiger partial charge in [0, 0.05) is 5.56 Å². The van der Waals surface area contributed by atoms with Gasteiger partial charge in [0.15, 0.2) is 5.82 Å². The molecule has 5 nitrogen and oxygen atoms in total. The Labute approximate surface area is 156 Å². The van der Waals surface area contributed by atoms with Crippen molar-refractivity contribution in [1.29, 1.82) is 0 Å². The Kier molecular flexibility index (Phi) is 4.21. The third kappa shape index (κ3) is 3.04. The van der Waals surface area contributed by atoms with E-state index in [2.05, 4.69) is 20.2 Å². The summed E-state index contributed by atoms with van der Waals surface area (Å²) in [5.74, 6) is -0.214. The first-order chi connectivity index (χ1) is 13.4. The van der Waals surface area contributed by atoms with Gasteiger partial charge in [-0.2, -0.15) is 18.3 Å². The van der Waals surface area contributed by atoms with Gasteiger partial charge < -0.3 is 4.74 Å². The lowest BCUT2D eigenvalue weighted by Gasteiger charge is -2.08. The molecule has 2 heterocycles. The van der Waals surface area contributed by atoms with Crippen LogP contribution in [-0.2, 0) is 6.18 Å². The van der Waals surface area contributed by atoms with Crippen LogP contribution in [0.3, 0.4) is 0 Å². The third-order valence-electron chi connectivity index (χ3n) is 4.21. The number of benzene rings is 2. The van der Waals surface area contributed by atoms with Crippen molar-refractivity contribution < 1.29 is 22.3 Å². The van der Waals surface area contributed by atoms with Crippen LogP contribution in [0, 0.1) is 5.82 Å². The van der Waals surface area contributed by atoms with Crippen molar-refractivity contribution in [3.05, 3.63) is 60.0 Å². The monoisotopic (exact) mass is 388 g/mol. The summed E-state index contributed by atoms with van der Waals surface area (Å²) in [5, 5.41) is 6.85. The maximum absolute atomic E-state index is 14.3. The average molecular weight is 388 g/mol. The molecule has 2 aromatic heterocycles. The van der Waals surface area contributed by atoms with Crippen LogP contribution in [0.5, 0.6) is 5.75 Å². The number of alkyl halides is 3. The van der Waals surface area contributed by atoms with Gasteiger partial charge in [0.2, 0.25) is 0 Å². The van der Waals surface area contributed by atoms with E-state index in [4.69, 9.17) is 4.74 Å². The molecule has 0 saturated carbocycles. The van der Waals surface area contributed by atoms with E-state index in [1.54, 1.807) is 6.07 Å². The van der Waals surface area contributed by atoms with Crippen LogP contribution in [0.1, 0.15) is 5.56 Å². The number of hydrogen-bond donors (Lipinski definition) is 1. The number of aromatic nitrogens is 4. The topological polar surface area (TPSA) is 63.7 Å². The summed E-state index contributed by atoms with van der Waals surface area (Å²) in [5.41, 5.74) is 0.921. The van der Waals surface area contributed by atoms with E-state index >= 15 is 0 Å². The molecule has 0 amide bonds. The molecule has 4 aromatic rings. The second kappa shape index (κ2) is 6.59. The molecule has 0 unspecified atom stereocenters. The van der Waals surface area contributed by atoms with Crippen molar-refractivity contribution >= 4 is 11.0 Å². The number of ether oxygens (including phenoxy) is 1. The van der Waals surface area contributed by atoms with Crippen LogP contribution in [-0.4, -0.2) is 27.3 Å². The van der Waals surface area contributed by atoms with Crippen LogP contribution in [0.15, 0.2) is 48.7 Å². The van der Waals surface area contributed by atoms with Crippen molar-refractivity contribution in [2.24, 2.45) is 0 Å². The van der Waals surface area contributed by atoms with Gasteiger partial charge in [-0.1, -0.05) is 18.2 Å². The highest BCUT2D eigenvalue weighted by Crippen LogP contribution is 2.34. The Balaban J connectivity index is 1.84. The summed E-state index contributed by atoms with van der Waals surface area (Å²) in [7, 11) is 1.41. The van der Waals surface area contributed by atoms with E-state index in [1.807, 2.05) is 0 Å². The van der Waals surface area contributed by atoms with Crippen LogP contribution in [0.25, 0.3) is 33.7 Å². The molecule has 142 valence electrons. The average Bonchev–Trinajstić information content (AvgIpc) is 3.10. The van der Waals surface area contributed by atoms with Gasteiger partial charge >= 0.3 is 6.18 Å². The fraction of sp³-hybridized carbons (Fsp3) is 0.105. The Morgan fingerprint density at radius 1 is 1.04 bits per heavy atom. The number of methoxy groups -OCH3 is 1. The van der Waals surface area contributed by atoms with Crippen molar-refractivity contribution in [2.75, 3.05) is 7.11 Å². The Morgan fingerprint density at radius 2 is 1.79 bits per heavy atom. The second-order valence-corrected chi connectivity index (χ2v) is 5.92. The number of aromatic amines is 1. The zero-order valence-corrected chi connectivity index (χ0v) is 14.4. The molecule has 9 heteroatoms. The van der Waals surface area contributed by atoms with Crippen LogP contribution < -0.4 is 4.74 Å². The standard InChI is InChI=1S/C19H12F4N4O/c1-28-14-4-2-3-12(20)15(14)18-24-9-13-17(25-18)16(27-26-13)10-5-7-11(8-6-10)19(21,22)23/h2-9H,1H3,(H,26,27). The highest BCUT2D eigenvalue weighted by Gasteiger charge is 2.30. The number of H-pyrrole nitrogens is 1. The molecule has 1 N–H and O–H groups in total. The molecule has 0 bridgehead atoms. The molecule has 0 atom stereocenters. The van der Waals surface area contributed by atoms with Gasteiger partial charge in [0.25, 0.3) is 0 Å². The summed E-state index contributed by atoms with van der Waals surface area (Å²) >= 11 is 0. The molecule has 2 aromatic carbocycles. The first-order valence-corrected chi connectivity index (χ1v) is 8.10. The molecule has 0 spiro atoms. The number of fused-ring (bicyclic) bond motifs is 1. The number of hydrogen-bond acceptors (Lipinski definition) is 4. The predicted octanol–water partition coefficient (Wildman–Crippen LogP) is 4.85. The van der Waals surface area contributed by atoms with E-state index < -0.39 is 17.6 Å². The van der Waals surface area contributed by atoms with Crippen LogP contribution in [0.4, 0.5) is 17.6 Å². The lowest BCUT2D eigenvalue weighted by Crippen LogP contribution is -2.04. The fourth-order valence-corrected chi connectivity index (χ4v) is 2.84. The molecule has 28 heavy (non-hydrogen) atoms. The Hall–Kier alpha value is -3.49. The number of halogens is 4. The first kappa shape index (κ1) is 17.9. The van der Waals surface area contributed by atoms with Crippen molar-refractivity contribution in [3.63, 3.8) is 0 Å². The molecule has 0 aliphatic heterocycles. The first-order valence-electron chi connectivity index (χ1n) is 8.10. The van der Waals surface area contributed by atoms with E-state index in [9.17, 15) is 17.6 Å². The zero-order valence-electron chi connectivity index (χ0n) is 14.4. The van der Waals surface area contributed by atoms with E-state index in [-0.39, 0.29) is 17.1 Å². The highest BCUT2D eigenvalue weighted by molar-refractivity contribution is 5.90. The Bertz CT molecular complexity index is 1150. The van der Waals surface area contributed by atoms with Gasteiger partial charge in [0.1, 0.15) is 28.3 Å². The molecular formula is C19H12F4N4O. The normalized spacial score (nSPS) is 11.8. The summed E-state index contributed by atoms with van der Waals surface area (Å²) in [4.78, 5) is 8.52. The predicted molar refractivity (Wildman–Crippen MR) is 94.1 cm³/mol. The van der Waals surface area contributed by atoms with Crippen LogP contribution in [0.2, 0.25) is 0 Å². The quantitative estimate of drug-likeness (QED) is 0.510. The Morgan fingerprint density at radius 3 is 2.46 bits per heavy atom. The minimum absolute atomic E-state index is 0.0806. The molecule has 0 fully saturated rings. The summed E-state index contributed by atoms with van der Waals surface area (Å²) < 4.78 is 57.8. The largest absolute Gasteiger partial charge is 0.496 e. The van der Waals surface area contributed by atoms with E-state index in [0.29, 0.717) is 22.3 Å². The van der Waals surface area contributed by atoms with Gasteiger partial charge in [0.05, 0.1) is 24.4 Å². The number of rotatable bonds is 3. The smallest absolute Gasteiger partial charge is 0.416 e. The van der Waals surface area contributed by atoms with Crippen molar-refractivity contribution in [2.45, 2.75) is 6.18 Å². The fourth-order valence-electron chi connectivity index (χ4n) is 2.84. The molecule has 4 rings (SSSR count). The summed E-state index contributed by atoms with van der Waals surface area (Å²) in [6.45, 7) is 0. The van der Waals surface area contributed by atoms with Crippen LogP contribution >= 0.6 is 0 Å². The maximum Gasteiger partial charge on any atom is 0.416 e. The molecule has 0 aliphatic rings. The molecule has 0 aliphatic carbocycles. The summed E-state index contributed by atoms with van der Waals surface area (Å²) in [6.07, 6.45) is -2.99. The maximum atomic E-state index is 14.3. The van der Waals surface area contributed by atoms with Gasteiger partial charge in [-0.15, -0.1) is 0 Å². The zero-order chi connectivity index (χ0) is 19.9. The molecular weight excluding hydrogens is 376 g/mol. The van der Waals surface area contributed by atoms with Crippen molar-refractivity contribution in [1.82, 2.24) is 20.2 Å². The van der Waals surface area contributed by atoms with E-state index in [0.717, 1.165) is 12.1 Å². The SMILES string of the molecule is COc1cccc(F)c1-c1ncc2[nH]nc(-c3ccc(C(F)(F)F)cc3)c2n1. The second-order valence-electron chi connectivity index (χ2n) is 5.92. The van der Waals surface area contributed by atoms with Gasteiger partial charge in [-0.25, -0.2) is 14.4 Å². The third-order valence-corrected chi connectivity index (χ3v) is 4.21.